The highest BCUT2D eigenvalue weighted by Gasteiger charge is 2.17. The summed E-state index contributed by atoms with van der Waals surface area (Å²) in [6, 6.07) is 0. The molecule has 74 valence electrons. The predicted octanol–water partition coefficient (Wildman–Crippen LogP) is 2.75. The summed E-state index contributed by atoms with van der Waals surface area (Å²) in [7, 11) is 0. The molecule has 1 atom stereocenters. The molecule has 2 N–H and O–H groups in total. The number of nitrogens with zero attached hydrogens (tertiary/aromatic N) is 1. The van der Waals surface area contributed by atoms with Crippen LogP contribution in [-0.4, -0.2) is 15.3 Å². The molecule has 0 bridgehead atoms. The smallest absolute Gasteiger partial charge is 0.160 e. The van der Waals surface area contributed by atoms with Gasteiger partial charge in [-0.05, 0) is 6.42 Å². The summed E-state index contributed by atoms with van der Waals surface area (Å²) < 4.78 is 0. The SMILES string of the molecule is CCC(C)c1[nH]nc(C(C)C)c1O. The Bertz CT molecular complexity index is 278. The van der Waals surface area contributed by atoms with Crippen LogP contribution in [0.5, 0.6) is 5.75 Å². The molecule has 1 unspecified atom stereocenters. The first-order valence-corrected chi connectivity index (χ1v) is 4.85. The maximum atomic E-state index is 9.81. The van der Waals surface area contributed by atoms with E-state index in [1.807, 2.05) is 13.8 Å². The highest BCUT2D eigenvalue weighted by Crippen LogP contribution is 2.31. The molecular weight excluding hydrogens is 164 g/mol. The monoisotopic (exact) mass is 182 g/mol. The van der Waals surface area contributed by atoms with Crippen molar-refractivity contribution in [2.45, 2.75) is 46.0 Å². The molecule has 3 nitrogen and oxygen atoms in total. The normalized spacial score (nSPS) is 13.6. The van der Waals surface area contributed by atoms with Crippen LogP contribution < -0.4 is 0 Å². The molecule has 3 heteroatoms. The van der Waals surface area contributed by atoms with Crippen LogP contribution in [0.1, 0.15) is 57.3 Å². The number of hydrogen-bond donors (Lipinski definition) is 2. The Balaban J connectivity index is 2.99. The quantitative estimate of drug-likeness (QED) is 0.755. The van der Waals surface area contributed by atoms with Crippen molar-refractivity contribution >= 4 is 0 Å². The summed E-state index contributed by atoms with van der Waals surface area (Å²) in [4.78, 5) is 0. The molecule has 1 aromatic rings. The lowest BCUT2D eigenvalue weighted by atomic mass is 10.0. The molecule has 0 aliphatic carbocycles. The zero-order valence-electron chi connectivity index (χ0n) is 8.76. The van der Waals surface area contributed by atoms with Crippen LogP contribution in [0.15, 0.2) is 0 Å². The molecule has 0 spiro atoms. The van der Waals surface area contributed by atoms with Gasteiger partial charge in [-0.25, -0.2) is 0 Å². The molecule has 0 aliphatic heterocycles. The van der Waals surface area contributed by atoms with Crippen molar-refractivity contribution in [1.82, 2.24) is 10.2 Å². The summed E-state index contributed by atoms with van der Waals surface area (Å²) in [5, 5.41) is 16.8. The first-order valence-electron chi connectivity index (χ1n) is 4.85. The van der Waals surface area contributed by atoms with Gasteiger partial charge in [0, 0.05) is 11.8 Å². The van der Waals surface area contributed by atoms with E-state index in [9.17, 15) is 5.11 Å². The molecule has 0 radical (unpaired) electrons. The van der Waals surface area contributed by atoms with Crippen molar-refractivity contribution in [3.8, 4) is 5.75 Å². The maximum Gasteiger partial charge on any atom is 0.160 e. The fourth-order valence-corrected chi connectivity index (χ4v) is 1.31. The Morgan fingerprint density at radius 3 is 2.38 bits per heavy atom. The van der Waals surface area contributed by atoms with Gasteiger partial charge in [0.25, 0.3) is 0 Å². The number of aromatic amines is 1. The Hall–Kier alpha value is -0.990. The molecule has 0 fully saturated rings. The van der Waals surface area contributed by atoms with Crippen molar-refractivity contribution < 1.29 is 5.11 Å². The van der Waals surface area contributed by atoms with Gasteiger partial charge in [0.1, 0.15) is 5.69 Å². The molecule has 0 amide bonds. The van der Waals surface area contributed by atoms with Crippen molar-refractivity contribution in [3.05, 3.63) is 11.4 Å². The van der Waals surface area contributed by atoms with E-state index in [4.69, 9.17) is 0 Å². The molecule has 0 saturated carbocycles. The van der Waals surface area contributed by atoms with Crippen LogP contribution in [0.2, 0.25) is 0 Å². The molecular formula is C10H18N2O. The van der Waals surface area contributed by atoms with Crippen LogP contribution in [0, 0.1) is 0 Å². The third kappa shape index (κ3) is 1.85. The Labute approximate surface area is 79.2 Å². The second kappa shape index (κ2) is 3.81. The Kier molecular flexibility index (Phi) is 2.96. The van der Waals surface area contributed by atoms with Gasteiger partial charge in [0.05, 0.1) is 5.69 Å². The topological polar surface area (TPSA) is 48.9 Å². The number of aromatic nitrogens is 2. The molecule has 0 aromatic carbocycles. The molecule has 1 aromatic heterocycles. The largest absolute Gasteiger partial charge is 0.504 e. The third-order valence-electron chi connectivity index (χ3n) is 2.45. The highest BCUT2D eigenvalue weighted by atomic mass is 16.3. The lowest BCUT2D eigenvalue weighted by molar-refractivity contribution is 0.452. The van der Waals surface area contributed by atoms with Gasteiger partial charge in [-0.2, -0.15) is 5.10 Å². The van der Waals surface area contributed by atoms with E-state index in [1.165, 1.54) is 0 Å². The summed E-state index contributed by atoms with van der Waals surface area (Å²) in [5.74, 6) is 0.971. The summed E-state index contributed by atoms with van der Waals surface area (Å²) in [5.41, 5.74) is 1.64. The van der Waals surface area contributed by atoms with Crippen molar-refractivity contribution in [1.29, 1.82) is 0 Å². The van der Waals surface area contributed by atoms with E-state index < -0.39 is 0 Å². The number of nitrogens with one attached hydrogen (secondary N) is 1. The minimum atomic E-state index is 0.272. The number of H-pyrrole nitrogens is 1. The second-order valence-corrected chi connectivity index (χ2v) is 3.84. The predicted molar refractivity (Wildman–Crippen MR) is 53.0 cm³/mol. The number of aromatic hydroxyl groups is 1. The van der Waals surface area contributed by atoms with Gasteiger partial charge in [0.2, 0.25) is 0 Å². The number of hydrogen-bond acceptors (Lipinski definition) is 2. The first-order chi connectivity index (χ1) is 6.07. The average molecular weight is 182 g/mol. The third-order valence-corrected chi connectivity index (χ3v) is 2.45. The average Bonchev–Trinajstić information content (AvgIpc) is 2.46. The molecule has 13 heavy (non-hydrogen) atoms. The molecule has 0 aliphatic rings. The lowest BCUT2D eigenvalue weighted by Crippen LogP contribution is -1.91. The van der Waals surface area contributed by atoms with Crippen LogP contribution in [0.4, 0.5) is 0 Å². The molecule has 1 rings (SSSR count). The van der Waals surface area contributed by atoms with Crippen molar-refractivity contribution in [2.24, 2.45) is 0 Å². The summed E-state index contributed by atoms with van der Waals surface area (Å²) >= 11 is 0. The Morgan fingerprint density at radius 1 is 1.38 bits per heavy atom. The van der Waals surface area contributed by atoms with E-state index in [-0.39, 0.29) is 5.92 Å². The summed E-state index contributed by atoms with van der Waals surface area (Å²) in [6.07, 6.45) is 1.01. The van der Waals surface area contributed by atoms with Gasteiger partial charge in [0.15, 0.2) is 5.75 Å². The summed E-state index contributed by atoms with van der Waals surface area (Å²) in [6.45, 7) is 8.23. The van der Waals surface area contributed by atoms with Crippen LogP contribution in [0.25, 0.3) is 0 Å². The van der Waals surface area contributed by atoms with E-state index >= 15 is 0 Å². The second-order valence-electron chi connectivity index (χ2n) is 3.84. The zero-order chi connectivity index (χ0) is 10.0. The van der Waals surface area contributed by atoms with Crippen LogP contribution in [0.3, 0.4) is 0 Å². The zero-order valence-corrected chi connectivity index (χ0v) is 8.76. The minimum absolute atomic E-state index is 0.272. The van der Waals surface area contributed by atoms with Gasteiger partial charge in [-0.3, -0.25) is 5.10 Å². The first kappa shape index (κ1) is 10.1. The van der Waals surface area contributed by atoms with Gasteiger partial charge < -0.3 is 5.11 Å². The minimum Gasteiger partial charge on any atom is -0.504 e. The lowest BCUT2D eigenvalue weighted by Gasteiger charge is -2.06. The highest BCUT2D eigenvalue weighted by molar-refractivity contribution is 5.35. The van der Waals surface area contributed by atoms with E-state index in [0.717, 1.165) is 17.8 Å². The van der Waals surface area contributed by atoms with E-state index in [0.29, 0.717) is 11.7 Å². The van der Waals surface area contributed by atoms with Gasteiger partial charge in [-0.1, -0.05) is 27.7 Å². The van der Waals surface area contributed by atoms with Gasteiger partial charge in [-0.15, -0.1) is 0 Å². The molecule has 1 heterocycles. The van der Waals surface area contributed by atoms with E-state index in [2.05, 4.69) is 24.0 Å². The standard InChI is InChI=1S/C10H18N2O/c1-5-7(4)9-10(13)8(6(2)3)11-12-9/h6-7,13H,5H2,1-4H3,(H,11,12). The Morgan fingerprint density at radius 2 is 2.00 bits per heavy atom. The van der Waals surface area contributed by atoms with Gasteiger partial charge >= 0.3 is 0 Å². The fraction of sp³-hybridized carbons (Fsp3) is 0.700. The molecule has 0 saturated heterocycles. The van der Waals surface area contributed by atoms with E-state index in [1.54, 1.807) is 0 Å². The van der Waals surface area contributed by atoms with Crippen molar-refractivity contribution in [2.75, 3.05) is 0 Å². The van der Waals surface area contributed by atoms with Crippen molar-refractivity contribution in [3.63, 3.8) is 0 Å². The maximum absolute atomic E-state index is 9.81. The van der Waals surface area contributed by atoms with Crippen LogP contribution >= 0.6 is 0 Å². The number of rotatable bonds is 3. The van der Waals surface area contributed by atoms with Crippen LogP contribution in [-0.2, 0) is 0 Å². The fourth-order valence-electron chi connectivity index (χ4n) is 1.31.